The minimum Gasteiger partial charge on any atom is -0.378 e. The lowest BCUT2D eigenvalue weighted by molar-refractivity contribution is 0.181. The Morgan fingerprint density at radius 2 is 1.96 bits per heavy atom. The minimum absolute atomic E-state index is 0.175. The Bertz CT molecular complexity index is 989. The molecule has 7 nitrogen and oxygen atoms in total. The molecule has 1 aliphatic rings. The summed E-state index contributed by atoms with van der Waals surface area (Å²) in [5, 5.41) is 7.57. The molecule has 0 amide bonds. The van der Waals surface area contributed by atoms with Crippen LogP contribution in [0.3, 0.4) is 0 Å². The van der Waals surface area contributed by atoms with E-state index in [2.05, 4.69) is 50.3 Å². The quantitative estimate of drug-likeness (QED) is 0.628. The molecule has 3 aromatic rings. The minimum atomic E-state index is -0.175. The standard InChI is InChI=1S/C21H25N5O2/c1-26(12-17-9-19(25-24-17)15-7-8-15)11-14-3-5-16(6-4-14)21-22-18(13-28-2)10-20(27)23-21/h3-6,9-10,15H,7-8,11-13H2,1-2H3,(H,24,25)(H,22,23,27). The number of rotatable bonds is 8. The number of nitrogens with one attached hydrogen (secondary N) is 2. The maximum Gasteiger partial charge on any atom is 0.251 e. The number of aromatic nitrogens is 4. The van der Waals surface area contributed by atoms with Gasteiger partial charge in [-0.15, -0.1) is 0 Å². The van der Waals surface area contributed by atoms with Crippen LogP contribution in [0.5, 0.6) is 0 Å². The molecule has 1 aliphatic carbocycles. The van der Waals surface area contributed by atoms with Crippen LogP contribution in [0.4, 0.5) is 0 Å². The Labute approximate surface area is 163 Å². The second-order valence-electron chi connectivity index (χ2n) is 7.48. The van der Waals surface area contributed by atoms with Crippen molar-refractivity contribution in [3.05, 3.63) is 69.4 Å². The van der Waals surface area contributed by atoms with Crippen LogP contribution < -0.4 is 5.56 Å². The van der Waals surface area contributed by atoms with Gasteiger partial charge in [-0.25, -0.2) is 4.98 Å². The van der Waals surface area contributed by atoms with Gasteiger partial charge in [-0.05, 0) is 31.5 Å². The Hall–Kier alpha value is -2.77. The molecule has 0 saturated heterocycles. The molecule has 1 fully saturated rings. The molecule has 0 aliphatic heterocycles. The Morgan fingerprint density at radius 3 is 2.68 bits per heavy atom. The van der Waals surface area contributed by atoms with E-state index in [0.717, 1.165) is 24.3 Å². The maximum absolute atomic E-state index is 11.8. The molecule has 7 heteroatoms. The number of ether oxygens (including phenoxy) is 1. The number of hydrogen-bond acceptors (Lipinski definition) is 5. The van der Waals surface area contributed by atoms with Crippen molar-refractivity contribution < 1.29 is 4.74 Å². The van der Waals surface area contributed by atoms with E-state index >= 15 is 0 Å². The number of methoxy groups -OCH3 is 1. The highest BCUT2D eigenvalue weighted by Gasteiger charge is 2.26. The van der Waals surface area contributed by atoms with Gasteiger partial charge in [0.1, 0.15) is 5.82 Å². The van der Waals surface area contributed by atoms with Crippen LogP contribution in [0, 0.1) is 0 Å². The van der Waals surface area contributed by atoms with Crippen LogP contribution in [0.25, 0.3) is 11.4 Å². The van der Waals surface area contributed by atoms with Crippen LogP contribution in [0.1, 0.15) is 41.4 Å². The predicted molar refractivity (Wildman–Crippen MR) is 107 cm³/mol. The average Bonchev–Trinajstić information content (AvgIpc) is 3.42. The molecule has 2 aromatic heterocycles. The molecule has 0 bridgehead atoms. The number of hydrogen-bond donors (Lipinski definition) is 2. The lowest BCUT2D eigenvalue weighted by atomic mass is 10.1. The lowest BCUT2D eigenvalue weighted by Crippen LogP contribution is -2.17. The summed E-state index contributed by atoms with van der Waals surface area (Å²) < 4.78 is 5.08. The van der Waals surface area contributed by atoms with Gasteiger partial charge in [0.2, 0.25) is 0 Å². The molecule has 0 spiro atoms. The van der Waals surface area contributed by atoms with Gasteiger partial charge in [-0.1, -0.05) is 24.3 Å². The molecular formula is C21H25N5O2. The summed E-state index contributed by atoms with van der Waals surface area (Å²) in [6.07, 6.45) is 2.53. The summed E-state index contributed by atoms with van der Waals surface area (Å²) in [5.41, 5.74) is 4.87. The molecule has 0 atom stereocenters. The second-order valence-corrected chi connectivity index (χ2v) is 7.48. The highest BCUT2D eigenvalue weighted by molar-refractivity contribution is 5.55. The fourth-order valence-electron chi connectivity index (χ4n) is 3.34. The average molecular weight is 379 g/mol. The Balaban J connectivity index is 1.40. The van der Waals surface area contributed by atoms with Crippen molar-refractivity contribution in [1.82, 2.24) is 25.1 Å². The Morgan fingerprint density at radius 1 is 1.18 bits per heavy atom. The molecule has 28 heavy (non-hydrogen) atoms. The fourth-order valence-corrected chi connectivity index (χ4v) is 3.34. The van der Waals surface area contributed by atoms with Crippen molar-refractivity contribution in [3.63, 3.8) is 0 Å². The SMILES string of the molecule is COCc1cc(=O)[nH]c(-c2ccc(CN(C)Cc3cc(C4CC4)n[nH]3)cc2)n1. The molecular weight excluding hydrogens is 354 g/mol. The van der Waals surface area contributed by atoms with Gasteiger partial charge >= 0.3 is 0 Å². The molecule has 0 radical (unpaired) electrons. The van der Waals surface area contributed by atoms with Gasteiger partial charge < -0.3 is 9.72 Å². The molecule has 2 heterocycles. The van der Waals surface area contributed by atoms with Crippen LogP contribution in [-0.2, 0) is 24.4 Å². The molecule has 2 N–H and O–H groups in total. The van der Waals surface area contributed by atoms with Crippen LogP contribution >= 0.6 is 0 Å². The van der Waals surface area contributed by atoms with Crippen molar-refractivity contribution >= 4 is 0 Å². The smallest absolute Gasteiger partial charge is 0.251 e. The van der Waals surface area contributed by atoms with E-state index in [1.807, 2.05) is 12.1 Å². The van der Waals surface area contributed by atoms with E-state index in [9.17, 15) is 4.79 Å². The van der Waals surface area contributed by atoms with Gasteiger partial charge in [0, 0.05) is 43.4 Å². The summed E-state index contributed by atoms with van der Waals surface area (Å²) >= 11 is 0. The first kappa shape index (κ1) is 18.6. The van der Waals surface area contributed by atoms with Gasteiger partial charge in [0.05, 0.1) is 18.0 Å². The molecule has 4 rings (SSSR count). The third kappa shape index (κ3) is 4.55. The lowest BCUT2D eigenvalue weighted by Gasteiger charge is -2.15. The van der Waals surface area contributed by atoms with Crippen molar-refractivity contribution in [2.45, 2.75) is 38.5 Å². The normalized spacial score (nSPS) is 14.0. The number of H-pyrrole nitrogens is 2. The molecule has 0 unspecified atom stereocenters. The summed E-state index contributed by atoms with van der Waals surface area (Å²) in [7, 11) is 3.68. The van der Waals surface area contributed by atoms with Crippen LogP contribution in [0.15, 0.2) is 41.2 Å². The van der Waals surface area contributed by atoms with E-state index in [0.29, 0.717) is 24.0 Å². The monoisotopic (exact) mass is 379 g/mol. The zero-order valence-corrected chi connectivity index (χ0v) is 16.2. The van der Waals surface area contributed by atoms with Crippen molar-refractivity contribution in [2.24, 2.45) is 0 Å². The maximum atomic E-state index is 11.8. The second kappa shape index (κ2) is 8.08. The molecule has 1 saturated carbocycles. The van der Waals surface area contributed by atoms with Crippen molar-refractivity contribution in [3.8, 4) is 11.4 Å². The topological polar surface area (TPSA) is 86.9 Å². The summed E-state index contributed by atoms with van der Waals surface area (Å²) in [6.45, 7) is 1.97. The third-order valence-electron chi connectivity index (χ3n) is 4.85. The highest BCUT2D eigenvalue weighted by Crippen LogP contribution is 2.39. The van der Waals surface area contributed by atoms with Gasteiger partial charge in [-0.2, -0.15) is 5.10 Å². The Kier molecular flexibility index (Phi) is 5.36. The third-order valence-corrected chi connectivity index (χ3v) is 4.85. The van der Waals surface area contributed by atoms with Gasteiger partial charge in [-0.3, -0.25) is 14.8 Å². The summed E-state index contributed by atoms with van der Waals surface area (Å²) in [5.74, 6) is 1.23. The number of aromatic amines is 2. The first-order valence-corrected chi connectivity index (χ1v) is 9.52. The zero-order chi connectivity index (χ0) is 19.5. The number of benzene rings is 1. The first-order chi connectivity index (χ1) is 13.6. The number of nitrogens with zero attached hydrogens (tertiary/aromatic N) is 3. The van der Waals surface area contributed by atoms with E-state index in [-0.39, 0.29) is 5.56 Å². The predicted octanol–water partition coefficient (Wildman–Crippen LogP) is 2.82. The molecule has 146 valence electrons. The largest absolute Gasteiger partial charge is 0.378 e. The van der Waals surface area contributed by atoms with E-state index < -0.39 is 0 Å². The van der Waals surface area contributed by atoms with Crippen LogP contribution in [-0.4, -0.2) is 39.2 Å². The zero-order valence-electron chi connectivity index (χ0n) is 16.2. The molecule has 1 aromatic carbocycles. The highest BCUT2D eigenvalue weighted by atomic mass is 16.5. The van der Waals surface area contributed by atoms with E-state index in [1.165, 1.54) is 30.2 Å². The summed E-state index contributed by atoms with van der Waals surface area (Å²) in [4.78, 5) is 21.3. The van der Waals surface area contributed by atoms with Gasteiger partial charge in [0.25, 0.3) is 5.56 Å². The summed E-state index contributed by atoms with van der Waals surface area (Å²) in [6, 6.07) is 11.8. The van der Waals surface area contributed by atoms with Crippen molar-refractivity contribution in [1.29, 1.82) is 0 Å². The van der Waals surface area contributed by atoms with Crippen molar-refractivity contribution in [2.75, 3.05) is 14.2 Å². The first-order valence-electron chi connectivity index (χ1n) is 9.52. The fraction of sp³-hybridized carbons (Fsp3) is 0.381. The van der Waals surface area contributed by atoms with Crippen LogP contribution in [0.2, 0.25) is 0 Å². The van der Waals surface area contributed by atoms with Gasteiger partial charge in [0.15, 0.2) is 0 Å². The van der Waals surface area contributed by atoms with E-state index in [4.69, 9.17) is 4.74 Å². The van der Waals surface area contributed by atoms with E-state index in [1.54, 1.807) is 7.11 Å².